The van der Waals surface area contributed by atoms with E-state index < -0.39 is 23.5 Å². The second-order valence-electron chi connectivity index (χ2n) is 4.72. The number of carbonyl (C=O) groups excluding carboxylic acids is 2. The van der Waals surface area contributed by atoms with Crippen molar-refractivity contribution in [3.63, 3.8) is 0 Å². The summed E-state index contributed by atoms with van der Waals surface area (Å²) in [6.07, 6.45) is 0. The molecule has 0 fully saturated rings. The fraction of sp³-hybridized carbons (Fsp3) is 0.125. The summed E-state index contributed by atoms with van der Waals surface area (Å²) in [5, 5.41) is 5.40. The molecule has 0 saturated carbocycles. The van der Waals surface area contributed by atoms with Gasteiger partial charge in [0.15, 0.2) is 11.6 Å². The summed E-state index contributed by atoms with van der Waals surface area (Å²) in [4.78, 5) is 23.4. The van der Waals surface area contributed by atoms with Crippen LogP contribution in [0, 0.1) is 11.6 Å². The summed E-state index contributed by atoms with van der Waals surface area (Å²) in [6, 6.07) is 7.48. The van der Waals surface area contributed by atoms with Gasteiger partial charge in [0.1, 0.15) is 0 Å². The number of amides is 1. The molecule has 0 aliphatic heterocycles. The second-order valence-corrected chi connectivity index (χ2v) is 5.12. The largest absolute Gasteiger partial charge is 0.465 e. The summed E-state index contributed by atoms with van der Waals surface area (Å²) < 4.78 is 30.5. The minimum absolute atomic E-state index is 0.205. The first kappa shape index (κ1) is 17.7. The monoisotopic (exact) mass is 354 g/mol. The van der Waals surface area contributed by atoms with E-state index in [9.17, 15) is 18.4 Å². The van der Waals surface area contributed by atoms with Crippen molar-refractivity contribution in [3.8, 4) is 0 Å². The molecule has 0 saturated heterocycles. The van der Waals surface area contributed by atoms with E-state index in [0.29, 0.717) is 0 Å². The van der Waals surface area contributed by atoms with E-state index in [0.717, 1.165) is 12.1 Å². The fourth-order valence-corrected chi connectivity index (χ4v) is 2.01. The summed E-state index contributed by atoms with van der Waals surface area (Å²) in [7, 11) is 1.24. The van der Waals surface area contributed by atoms with Crippen molar-refractivity contribution < 1.29 is 23.1 Å². The molecule has 5 nitrogen and oxygen atoms in total. The predicted molar refractivity (Wildman–Crippen MR) is 86.3 cm³/mol. The van der Waals surface area contributed by atoms with Gasteiger partial charge in [-0.1, -0.05) is 11.6 Å². The molecule has 0 radical (unpaired) electrons. The van der Waals surface area contributed by atoms with Gasteiger partial charge in [0.05, 0.1) is 29.9 Å². The Kier molecular flexibility index (Phi) is 5.70. The van der Waals surface area contributed by atoms with Gasteiger partial charge in [-0.3, -0.25) is 4.79 Å². The first-order valence-electron chi connectivity index (χ1n) is 6.77. The Bertz CT molecular complexity index is 784. The van der Waals surface area contributed by atoms with Crippen molar-refractivity contribution in [2.24, 2.45) is 0 Å². The van der Waals surface area contributed by atoms with Gasteiger partial charge < -0.3 is 15.4 Å². The lowest BCUT2D eigenvalue weighted by Gasteiger charge is -2.10. The molecule has 0 bridgehead atoms. The maximum atomic E-state index is 13.1. The van der Waals surface area contributed by atoms with Crippen molar-refractivity contribution in [2.75, 3.05) is 24.3 Å². The van der Waals surface area contributed by atoms with E-state index in [1.54, 1.807) is 0 Å². The van der Waals surface area contributed by atoms with Gasteiger partial charge in [0.25, 0.3) is 0 Å². The smallest absolute Gasteiger partial charge is 0.337 e. The third kappa shape index (κ3) is 4.42. The molecule has 0 unspecified atom stereocenters. The zero-order chi connectivity index (χ0) is 17.7. The van der Waals surface area contributed by atoms with Crippen molar-refractivity contribution in [3.05, 3.63) is 58.6 Å². The molecule has 0 aromatic heterocycles. The third-order valence-electron chi connectivity index (χ3n) is 3.03. The number of esters is 1. The first-order valence-corrected chi connectivity index (χ1v) is 7.15. The molecule has 0 aliphatic carbocycles. The van der Waals surface area contributed by atoms with Gasteiger partial charge in [-0.2, -0.15) is 0 Å². The van der Waals surface area contributed by atoms with Gasteiger partial charge in [0, 0.05) is 11.8 Å². The third-order valence-corrected chi connectivity index (χ3v) is 3.36. The average Bonchev–Trinajstić information content (AvgIpc) is 2.57. The molecule has 8 heteroatoms. The highest BCUT2D eigenvalue weighted by molar-refractivity contribution is 6.33. The number of benzene rings is 2. The Balaban J connectivity index is 2.01. The molecular formula is C16H13ClF2N2O3. The Morgan fingerprint density at radius 3 is 2.54 bits per heavy atom. The lowest BCUT2D eigenvalue weighted by Crippen LogP contribution is -2.22. The minimum Gasteiger partial charge on any atom is -0.465 e. The van der Waals surface area contributed by atoms with Crippen LogP contribution in [0.1, 0.15) is 10.4 Å². The van der Waals surface area contributed by atoms with Crippen LogP contribution in [-0.2, 0) is 9.53 Å². The number of rotatable bonds is 5. The number of ether oxygens (including phenoxy) is 1. The molecular weight excluding hydrogens is 342 g/mol. The maximum Gasteiger partial charge on any atom is 0.337 e. The minimum atomic E-state index is -1.02. The standard InChI is InChI=1S/C16H13ClF2N2O3/c1-24-16(23)9-2-4-11(17)14(6-9)21-15(22)8-20-10-3-5-12(18)13(19)7-10/h2-7,20H,8H2,1H3,(H,21,22). The van der Waals surface area contributed by atoms with Crippen molar-refractivity contribution in [1.29, 1.82) is 0 Å². The molecule has 2 aromatic carbocycles. The van der Waals surface area contributed by atoms with Crippen LogP contribution in [0.4, 0.5) is 20.2 Å². The van der Waals surface area contributed by atoms with E-state index >= 15 is 0 Å². The predicted octanol–water partition coefficient (Wildman–Crippen LogP) is 3.46. The Hall–Kier alpha value is -2.67. The highest BCUT2D eigenvalue weighted by atomic mass is 35.5. The molecule has 0 atom stereocenters. The van der Waals surface area contributed by atoms with E-state index in [2.05, 4.69) is 15.4 Å². The van der Waals surface area contributed by atoms with E-state index in [1.165, 1.54) is 31.4 Å². The lowest BCUT2D eigenvalue weighted by atomic mass is 10.2. The van der Waals surface area contributed by atoms with Crippen molar-refractivity contribution >= 4 is 34.9 Å². The number of anilines is 2. The molecule has 24 heavy (non-hydrogen) atoms. The van der Waals surface area contributed by atoms with Gasteiger partial charge in [0.2, 0.25) is 5.91 Å². The van der Waals surface area contributed by atoms with Gasteiger partial charge in [-0.25, -0.2) is 13.6 Å². The highest BCUT2D eigenvalue weighted by Crippen LogP contribution is 2.23. The molecule has 2 N–H and O–H groups in total. The number of hydrogen-bond acceptors (Lipinski definition) is 4. The van der Waals surface area contributed by atoms with Crippen LogP contribution in [0.5, 0.6) is 0 Å². The zero-order valence-electron chi connectivity index (χ0n) is 12.5. The van der Waals surface area contributed by atoms with Gasteiger partial charge in [-0.05, 0) is 30.3 Å². The zero-order valence-corrected chi connectivity index (χ0v) is 13.3. The number of halogens is 3. The second kappa shape index (κ2) is 7.74. The van der Waals surface area contributed by atoms with Crippen LogP contribution in [0.15, 0.2) is 36.4 Å². The van der Waals surface area contributed by atoms with E-state index in [1.807, 2.05) is 0 Å². The van der Waals surface area contributed by atoms with E-state index in [-0.39, 0.29) is 28.5 Å². The van der Waals surface area contributed by atoms with Crippen LogP contribution in [0.3, 0.4) is 0 Å². The molecule has 0 heterocycles. The SMILES string of the molecule is COC(=O)c1ccc(Cl)c(NC(=O)CNc2ccc(F)c(F)c2)c1. The number of methoxy groups -OCH3 is 1. The number of hydrogen-bond donors (Lipinski definition) is 2. The molecule has 1 amide bonds. The van der Waals surface area contributed by atoms with Crippen LogP contribution < -0.4 is 10.6 Å². The molecule has 126 valence electrons. The normalized spacial score (nSPS) is 10.2. The van der Waals surface area contributed by atoms with Crippen LogP contribution >= 0.6 is 11.6 Å². The Morgan fingerprint density at radius 1 is 1.12 bits per heavy atom. The molecule has 2 aromatic rings. The van der Waals surface area contributed by atoms with Crippen LogP contribution in [0.25, 0.3) is 0 Å². The molecule has 2 rings (SSSR count). The summed E-state index contributed by atoms with van der Waals surface area (Å²) in [5.41, 5.74) is 0.709. The number of carbonyl (C=O) groups is 2. The quantitative estimate of drug-likeness (QED) is 0.807. The van der Waals surface area contributed by atoms with E-state index in [4.69, 9.17) is 11.6 Å². The highest BCUT2D eigenvalue weighted by Gasteiger charge is 2.11. The van der Waals surface area contributed by atoms with Gasteiger partial charge in [-0.15, -0.1) is 0 Å². The fourth-order valence-electron chi connectivity index (χ4n) is 1.85. The van der Waals surface area contributed by atoms with Crippen molar-refractivity contribution in [2.45, 2.75) is 0 Å². The van der Waals surface area contributed by atoms with Crippen LogP contribution in [0.2, 0.25) is 5.02 Å². The summed E-state index contributed by atoms with van der Waals surface area (Å²) in [6.45, 7) is -0.205. The average molecular weight is 355 g/mol. The lowest BCUT2D eigenvalue weighted by molar-refractivity contribution is -0.114. The molecule has 0 aliphatic rings. The first-order chi connectivity index (χ1) is 11.4. The topological polar surface area (TPSA) is 67.4 Å². The summed E-state index contributed by atoms with van der Waals surface area (Å²) >= 11 is 5.97. The molecule has 0 spiro atoms. The maximum absolute atomic E-state index is 13.1. The number of nitrogens with one attached hydrogen (secondary N) is 2. The Labute approximate surface area is 141 Å². The van der Waals surface area contributed by atoms with Gasteiger partial charge >= 0.3 is 5.97 Å². The van der Waals surface area contributed by atoms with Crippen LogP contribution in [-0.4, -0.2) is 25.5 Å². The van der Waals surface area contributed by atoms with Crippen molar-refractivity contribution in [1.82, 2.24) is 0 Å². The Morgan fingerprint density at radius 2 is 1.88 bits per heavy atom. The summed E-state index contributed by atoms with van der Waals surface area (Å²) in [5.74, 6) is -3.05.